The van der Waals surface area contributed by atoms with Gasteiger partial charge in [0.25, 0.3) is 0 Å². The lowest BCUT2D eigenvalue weighted by Gasteiger charge is -1.94. The molecular weight excluding hydrogens is 170 g/mol. The van der Waals surface area contributed by atoms with Crippen LogP contribution in [0.1, 0.15) is 4.88 Å². The van der Waals surface area contributed by atoms with Crippen molar-refractivity contribution in [2.75, 3.05) is 0 Å². The molecule has 0 fully saturated rings. The van der Waals surface area contributed by atoms with Crippen LogP contribution in [0.2, 0.25) is 0 Å². The fraction of sp³-hybridized carbons (Fsp3) is 0.250. The normalized spacial score (nSPS) is 10.5. The molecule has 0 bridgehead atoms. The van der Waals surface area contributed by atoms with E-state index < -0.39 is 0 Å². The molecule has 0 aromatic carbocycles. The Balaban J connectivity index is 2.50. The molecule has 2 heterocycles. The molecule has 0 aliphatic heterocycles. The van der Waals surface area contributed by atoms with Gasteiger partial charge >= 0.3 is 0 Å². The number of aromatic nitrogens is 3. The molecule has 0 spiro atoms. The van der Waals surface area contributed by atoms with Crippen molar-refractivity contribution in [1.29, 1.82) is 0 Å². The Bertz CT molecular complexity index is 388. The van der Waals surface area contributed by atoms with E-state index in [1.54, 1.807) is 22.2 Å². The molecule has 0 radical (unpaired) electrons. The van der Waals surface area contributed by atoms with Gasteiger partial charge in [-0.25, -0.2) is 4.68 Å². The van der Waals surface area contributed by atoms with Crippen LogP contribution in [0.4, 0.5) is 0 Å². The molecule has 0 saturated heterocycles. The number of rotatable bonds is 1. The van der Waals surface area contributed by atoms with E-state index in [9.17, 15) is 0 Å². The van der Waals surface area contributed by atoms with Crippen molar-refractivity contribution in [3.8, 4) is 11.3 Å². The third-order valence-corrected chi connectivity index (χ3v) is 2.60. The third kappa shape index (κ3) is 1.14. The highest BCUT2D eigenvalue weighted by molar-refractivity contribution is 7.10. The maximum atomic E-state index is 3.87. The zero-order chi connectivity index (χ0) is 8.55. The Labute approximate surface area is 74.7 Å². The van der Waals surface area contributed by atoms with Crippen LogP contribution in [0.25, 0.3) is 11.3 Å². The van der Waals surface area contributed by atoms with Crippen LogP contribution in [0, 0.1) is 6.92 Å². The predicted octanol–water partition coefficient (Wildman–Crippen LogP) is 1.85. The molecule has 4 heteroatoms. The second-order valence-corrected chi connectivity index (χ2v) is 3.80. The lowest BCUT2D eigenvalue weighted by Crippen LogP contribution is -1.92. The van der Waals surface area contributed by atoms with Crippen molar-refractivity contribution < 1.29 is 0 Å². The van der Waals surface area contributed by atoms with Gasteiger partial charge in [0.05, 0.1) is 11.9 Å². The second kappa shape index (κ2) is 2.71. The Morgan fingerprint density at radius 3 is 2.83 bits per heavy atom. The van der Waals surface area contributed by atoms with Crippen molar-refractivity contribution >= 4 is 11.3 Å². The van der Waals surface area contributed by atoms with Gasteiger partial charge in [-0.2, -0.15) is 0 Å². The minimum atomic E-state index is 1.07. The summed E-state index contributed by atoms with van der Waals surface area (Å²) in [6.07, 6.45) is 1.78. The van der Waals surface area contributed by atoms with Crippen LogP contribution in [0.5, 0.6) is 0 Å². The molecule has 2 rings (SSSR count). The van der Waals surface area contributed by atoms with Gasteiger partial charge in [0.1, 0.15) is 0 Å². The zero-order valence-electron chi connectivity index (χ0n) is 6.98. The number of aryl methyl sites for hydroxylation is 2. The summed E-state index contributed by atoms with van der Waals surface area (Å²) in [5, 5.41) is 9.82. The van der Waals surface area contributed by atoms with Crippen molar-refractivity contribution in [2.24, 2.45) is 7.05 Å². The van der Waals surface area contributed by atoms with Gasteiger partial charge in [-0.3, -0.25) is 0 Å². The largest absolute Gasteiger partial charge is 0.248 e. The van der Waals surface area contributed by atoms with Crippen molar-refractivity contribution in [1.82, 2.24) is 15.0 Å². The fourth-order valence-electron chi connectivity index (χ4n) is 1.13. The second-order valence-electron chi connectivity index (χ2n) is 2.69. The van der Waals surface area contributed by atoms with Gasteiger partial charge < -0.3 is 0 Å². The summed E-state index contributed by atoms with van der Waals surface area (Å²) in [5.74, 6) is 0. The minimum Gasteiger partial charge on any atom is -0.248 e. The van der Waals surface area contributed by atoms with Gasteiger partial charge in [0, 0.05) is 22.9 Å². The van der Waals surface area contributed by atoms with Crippen LogP contribution in [0.15, 0.2) is 17.6 Å². The molecule has 2 aromatic rings. The fourth-order valence-corrected chi connectivity index (χ4v) is 1.83. The number of hydrogen-bond donors (Lipinski definition) is 0. The Morgan fingerprint density at radius 1 is 1.50 bits per heavy atom. The van der Waals surface area contributed by atoms with E-state index in [1.165, 1.54) is 10.4 Å². The van der Waals surface area contributed by atoms with E-state index in [2.05, 4.69) is 28.7 Å². The smallest absolute Gasteiger partial charge is 0.0890 e. The summed E-state index contributed by atoms with van der Waals surface area (Å²) < 4.78 is 1.78. The highest BCUT2D eigenvalue weighted by Crippen LogP contribution is 2.23. The molecular formula is C8H9N3S. The van der Waals surface area contributed by atoms with Crippen molar-refractivity contribution in [3.05, 3.63) is 22.5 Å². The van der Waals surface area contributed by atoms with Crippen LogP contribution < -0.4 is 0 Å². The van der Waals surface area contributed by atoms with Crippen molar-refractivity contribution in [2.45, 2.75) is 6.92 Å². The summed E-state index contributed by atoms with van der Waals surface area (Å²) in [6.45, 7) is 2.10. The lowest BCUT2D eigenvalue weighted by molar-refractivity contribution is 0.721. The lowest BCUT2D eigenvalue weighted by atomic mass is 10.2. The molecule has 0 saturated carbocycles. The first-order valence-electron chi connectivity index (χ1n) is 3.67. The quantitative estimate of drug-likeness (QED) is 0.669. The van der Waals surface area contributed by atoms with Crippen molar-refractivity contribution in [3.63, 3.8) is 0 Å². The third-order valence-electron chi connectivity index (χ3n) is 1.74. The van der Waals surface area contributed by atoms with E-state index in [1.807, 2.05) is 7.05 Å². The van der Waals surface area contributed by atoms with E-state index in [0.717, 1.165) is 5.69 Å². The number of nitrogens with zero attached hydrogens (tertiary/aromatic N) is 3. The summed E-state index contributed by atoms with van der Waals surface area (Å²) in [5.41, 5.74) is 2.27. The Hall–Kier alpha value is -1.16. The Morgan fingerprint density at radius 2 is 2.33 bits per heavy atom. The highest BCUT2D eigenvalue weighted by atomic mass is 32.1. The highest BCUT2D eigenvalue weighted by Gasteiger charge is 2.04. The molecule has 0 N–H and O–H groups in total. The Kier molecular flexibility index (Phi) is 1.69. The average molecular weight is 179 g/mol. The minimum absolute atomic E-state index is 1.07. The number of thiophene rings is 1. The predicted molar refractivity (Wildman–Crippen MR) is 49.1 cm³/mol. The van der Waals surface area contributed by atoms with Gasteiger partial charge in [0.15, 0.2) is 0 Å². The van der Waals surface area contributed by atoms with E-state index >= 15 is 0 Å². The molecule has 0 aliphatic rings. The molecule has 0 unspecified atom stereocenters. The SMILES string of the molecule is Cc1cc(-c2cnnn2C)cs1. The van der Waals surface area contributed by atoms with Gasteiger partial charge in [0.2, 0.25) is 0 Å². The maximum Gasteiger partial charge on any atom is 0.0890 e. The maximum absolute atomic E-state index is 3.87. The monoisotopic (exact) mass is 179 g/mol. The van der Waals surface area contributed by atoms with Gasteiger partial charge in [-0.05, 0) is 13.0 Å². The zero-order valence-corrected chi connectivity index (χ0v) is 7.80. The summed E-state index contributed by atoms with van der Waals surface area (Å²) >= 11 is 1.74. The van der Waals surface area contributed by atoms with E-state index in [-0.39, 0.29) is 0 Å². The average Bonchev–Trinajstić information content (AvgIpc) is 2.58. The molecule has 12 heavy (non-hydrogen) atoms. The molecule has 62 valence electrons. The summed E-state index contributed by atoms with van der Waals surface area (Å²) in [4.78, 5) is 1.31. The van der Waals surface area contributed by atoms with Crippen LogP contribution >= 0.6 is 11.3 Å². The van der Waals surface area contributed by atoms with E-state index in [4.69, 9.17) is 0 Å². The first-order chi connectivity index (χ1) is 5.77. The molecule has 0 atom stereocenters. The molecule has 2 aromatic heterocycles. The molecule has 0 aliphatic carbocycles. The standard InChI is InChI=1S/C8H9N3S/c1-6-3-7(5-12-6)8-4-9-10-11(8)2/h3-5H,1-2H3. The number of hydrogen-bond acceptors (Lipinski definition) is 3. The topological polar surface area (TPSA) is 30.7 Å². The van der Waals surface area contributed by atoms with Gasteiger partial charge in [-0.1, -0.05) is 5.21 Å². The van der Waals surface area contributed by atoms with E-state index in [0.29, 0.717) is 0 Å². The van der Waals surface area contributed by atoms with Crippen LogP contribution in [0.3, 0.4) is 0 Å². The first kappa shape index (κ1) is 7.49. The van der Waals surface area contributed by atoms with Gasteiger partial charge in [-0.15, -0.1) is 16.4 Å². The van der Waals surface area contributed by atoms with Crippen LogP contribution in [-0.4, -0.2) is 15.0 Å². The van der Waals surface area contributed by atoms with Crippen LogP contribution in [-0.2, 0) is 7.05 Å². The summed E-state index contributed by atoms with van der Waals surface area (Å²) in [6, 6.07) is 2.14. The first-order valence-corrected chi connectivity index (χ1v) is 4.55. The molecule has 0 amide bonds. The molecule has 3 nitrogen and oxygen atoms in total. The summed E-state index contributed by atoms with van der Waals surface area (Å²) in [7, 11) is 1.90.